The molecule has 4 N–H and O–H groups in total. The maximum absolute atomic E-state index is 12.0. The molecule has 2 atom stereocenters. The molecule has 0 bridgehead atoms. The van der Waals surface area contributed by atoms with Gasteiger partial charge in [-0.25, -0.2) is 0 Å². The van der Waals surface area contributed by atoms with E-state index in [1.54, 1.807) is 31.4 Å². The van der Waals surface area contributed by atoms with Gasteiger partial charge in [-0.3, -0.25) is 9.59 Å². The summed E-state index contributed by atoms with van der Waals surface area (Å²) in [6.07, 6.45) is 1.03. The number of benzene rings is 1. The van der Waals surface area contributed by atoms with Crippen LogP contribution in [0.1, 0.15) is 23.2 Å². The van der Waals surface area contributed by atoms with Crippen molar-refractivity contribution in [3.63, 3.8) is 0 Å². The average molecular weight is 358 g/mol. The summed E-state index contributed by atoms with van der Waals surface area (Å²) in [6.45, 7) is 1.12. The van der Waals surface area contributed by atoms with Crippen molar-refractivity contribution >= 4 is 24.2 Å². The van der Waals surface area contributed by atoms with Crippen molar-refractivity contribution in [2.45, 2.75) is 25.0 Å². The zero-order chi connectivity index (χ0) is 16.7. The Bertz CT molecular complexity index is 556. The summed E-state index contributed by atoms with van der Waals surface area (Å²) >= 11 is 0. The van der Waals surface area contributed by atoms with Gasteiger partial charge in [-0.15, -0.1) is 12.4 Å². The molecule has 0 aromatic heterocycles. The molecule has 2 amide bonds. The van der Waals surface area contributed by atoms with Crippen molar-refractivity contribution in [1.29, 1.82) is 0 Å². The summed E-state index contributed by atoms with van der Waals surface area (Å²) in [5.41, 5.74) is 6.03. The van der Waals surface area contributed by atoms with Crippen LogP contribution in [0.4, 0.5) is 0 Å². The number of nitrogens with one attached hydrogen (secondary N) is 2. The third kappa shape index (κ3) is 5.67. The first-order valence-electron chi connectivity index (χ1n) is 7.69. The number of hydrogen-bond donors (Lipinski definition) is 3. The molecule has 1 saturated heterocycles. The van der Waals surface area contributed by atoms with E-state index in [4.69, 9.17) is 15.2 Å². The van der Waals surface area contributed by atoms with Crippen LogP contribution in [0.2, 0.25) is 0 Å². The topological polar surface area (TPSA) is 103 Å². The lowest BCUT2D eigenvalue weighted by Gasteiger charge is -2.13. The van der Waals surface area contributed by atoms with E-state index < -0.39 is 6.10 Å². The van der Waals surface area contributed by atoms with Gasteiger partial charge in [0.25, 0.3) is 5.91 Å². The van der Waals surface area contributed by atoms with Gasteiger partial charge in [0, 0.05) is 25.2 Å². The molecular formula is C16H24ClN3O4. The summed E-state index contributed by atoms with van der Waals surface area (Å²) in [4.78, 5) is 23.9. The predicted molar refractivity (Wildman–Crippen MR) is 92.5 cm³/mol. The summed E-state index contributed by atoms with van der Waals surface area (Å²) in [5, 5.41) is 5.50. The molecule has 8 heteroatoms. The number of rotatable bonds is 7. The monoisotopic (exact) mass is 357 g/mol. The van der Waals surface area contributed by atoms with Crippen molar-refractivity contribution in [3.8, 4) is 5.75 Å². The number of carbonyl (C=O) groups is 2. The number of carbonyl (C=O) groups excluding carboxylic acids is 2. The Morgan fingerprint density at radius 2 is 2.04 bits per heavy atom. The van der Waals surface area contributed by atoms with E-state index in [1.165, 1.54) is 0 Å². The van der Waals surface area contributed by atoms with Gasteiger partial charge in [-0.05, 0) is 31.0 Å². The molecular weight excluding hydrogens is 334 g/mol. The molecule has 0 aliphatic carbocycles. The van der Waals surface area contributed by atoms with Gasteiger partial charge in [0.05, 0.1) is 13.2 Å². The zero-order valence-corrected chi connectivity index (χ0v) is 14.4. The molecule has 1 heterocycles. The van der Waals surface area contributed by atoms with Crippen LogP contribution < -0.4 is 21.1 Å². The Kier molecular flexibility index (Phi) is 8.53. The molecule has 1 fully saturated rings. The first-order chi connectivity index (χ1) is 11.1. The molecule has 1 aromatic rings. The van der Waals surface area contributed by atoms with Crippen LogP contribution in [0.25, 0.3) is 0 Å². The third-order valence-electron chi connectivity index (χ3n) is 3.70. The minimum Gasteiger partial charge on any atom is -0.497 e. The van der Waals surface area contributed by atoms with E-state index in [1.807, 2.05) is 0 Å². The SMILES string of the molecule is COc1cccc(C(=O)NCCNC(=O)[C@@H]2CC[C@H](CN)O2)c1.Cl. The van der Waals surface area contributed by atoms with Gasteiger partial charge in [-0.2, -0.15) is 0 Å². The second kappa shape index (κ2) is 10.1. The van der Waals surface area contributed by atoms with Crippen molar-refractivity contribution in [2.75, 3.05) is 26.7 Å². The average Bonchev–Trinajstić information content (AvgIpc) is 3.07. The quantitative estimate of drug-likeness (QED) is 0.615. The van der Waals surface area contributed by atoms with E-state index in [-0.39, 0.29) is 30.3 Å². The highest BCUT2D eigenvalue weighted by Gasteiger charge is 2.29. The third-order valence-corrected chi connectivity index (χ3v) is 3.70. The maximum Gasteiger partial charge on any atom is 0.251 e. The fourth-order valence-electron chi connectivity index (χ4n) is 2.41. The van der Waals surface area contributed by atoms with Crippen molar-refractivity contribution in [1.82, 2.24) is 10.6 Å². The van der Waals surface area contributed by atoms with Crippen LogP contribution in [-0.4, -0.2) is 50.8 Å². The zero-order valence-electron chi connectivity index (χ0n) is 13.6. The van der Waals surface area contributed by atoms with Crippen molar-refractivity contribution in [2.24, 2.45) is 5.73 Å². The fourth-order valence-corrected chi connectivity index (χ4v) is 2.41. The molecule has 2 rings (SSSR count). The van der Waals surface area contributed by atoms with E-state index in [0.29, 0.717) is 37.4 Å². The van der Waals surface area contributed by atoms with Crippen LogP contribution in [0.5, 0.6) is 5.75 Å². The summed E-state index contributed by atoms with van der Waals surface area (Å²) in [7, 11) is 1.55. The number of nitrogens with two attached hydrogens (primary N) is 1. The predicted octanol–water partition coefficient (Wildman–Crippen LogP) is 0.469. The van der Waals surface area contributed by atoms with E-state index in [9.17, 15) is 9.59 Å². The Labute approximate surface area is 147 Å². The second-order valence-electron chi connectivity index (χ2n) is 5.34. The summed E-state index contributed by atoms with van der Waals surface area (Å²) < 4.78 is 10.6. The molecule has 1 aromatic carbocycles. The molecule has 134 valence electrons. The van der Waals surface area contributed by atoms with Gasteiger partial charge < -0.3 is 25.8 Å². The van der Waals surface area contributed by atoms with Gasteiger partial charge in [-0.1, -0.05) is 6.07 Å². The van der Waals surface area contributed by atoms with Gasteiger partial charge in [0.1, 0.15) is 11.9 Å². The maximum atomic E-state index is 12.0. The second-order valence-corrected chi connectivity index (χ2v) is 5.34. The minimum absolute atomic E-state index is 0. The number of ether oxygens (including phenoxy) is 2. The molecule has 1 aliphatic heterocycles. The normalized spacial score (nSPS) is 19.2. The molecule has 0 unspecified atom stereocenters. The number of amides is 2. The lowest BCUT2D eigenvalue weighted by Crippen LogP contribution is -2.40. The first-order valence-corrected chi connectivity index (χ1v) is 7.69. The van der Waals surface area contributed by atoms with Gasteiger partial charge in [0.2, 0.25) is 5.91 Å². The van der Waals surface area contributed by atoms with Crippen molar-refractivity contribution < 1.29 is 19.1 Å². The minimum atomic E-state index is -0.433. The molecule has 0 spiro atoms. The lowest BCUT2D eigenvalue weighted by atomic mass is 10.2. The van der Waals surface area contributed by atoms with E-state index in [2.05, 4.69) is 10.6 Å². The Morgan fingerprint density at radius 1 is 1.29 bits per heavy atom. The highest BCUT2D eigenvalue weighted by atomic mass is 35.5. The van der Waals surface area contributed by atoms with Gasteiger partial charge in [0.15, 0.2) is 0 Å². The summed E-state index contributed by atoms with van der Waals surface area (Å²) in [5.74, 6) is 0.258. The number of halogens is 1. The van der Waals surface area contributed by atoms with E-state index >= 15 is 0 Å². The van der Waals surface area contributed by atoms with Crippen LogP contribution in [0.3, 0.4) is 0 Å². The Morgan fingerprint density at radius 3 is 2.71 bits per heavy atom. The fraction of sp³-hybridized carbons (Fsp3) is 0.500. The molecule has 7 nitrogen and oxygen atoms in total. The smallest absolute Gasteiger partial charge is 0.251 e. The molecule has 0 saturated carbocycles. The lowest BCUT2D eigenvalue weighted by molar-refractivity contribution is -0.131. The van der Waals surface area contributed by atoms with Crippen LogP contribution in [0, 0.1) is 0 Å². The van der Waals surface area contributed by atoms with E-state index in [0.717, 1.165) is 6.42 Å². The Hall–Kier alpha value is -1.83. The standard InChI is InChI=1S/C16H23N3O4.ClH/c1-22-12-4-2-3-11(9-12)15(20)18-7-8-19-16(21)14-6-5-13(10-17)23-14;/h2-4,9,13-14H,5-8,10,17H2,1H3,(H,18,20)(H,19,21);1H/t13-,14+;/m1./s1. The van der Waals surface area contributed by atoms with Crippen LogP contribution >= 0.6 is 12.4 Å². The number of hydrogen-bond acceptors (Lipinski definition) is 5. The highest BCUT2D eigenvalue weighted by Crippen LogP contribution is 2.18. The number of methoxy groups -OCH3 is 1. The first kappa shape index (κ1) is 20.2. The molecule has 0 radical (unpaired) electrons. The largest absolute Gasteiger partial charge is 0.497 e. The van der Waals surface area contributed by atoms with Gasteiger partial charge >= 0.3 is 0 Å². The van der Waals surface area contributed by atoms with Crippen LogP contribution in [0.15, 0.2) is 24.3 Å². The molecule has 24 heavy (non-hydrogen) atoms. The summed E-state index contributed by atoms with van der Waals surface area (Å²) in [6, 6.07) is 6.89. The Balaban J connectivity index is 0.00000288. The van der Waals surface area contributed by atoms with Crippen LogP contribution in [-0.2, 0) is 9.53 Å². The van der Waals surface area contributed by atoms with Crippen molar-refractivity contribution in [3.05, 3.63) is 29.8 Å². The molecule has 1 aliphatic rings. The highest BCUT2D eigenvalue weighted by molar-refractivity contribution is 5.94.